The molecule has 11 heteroatoms. The molecule has 44 heavy (non-hydrogen) atoms. The van der Waals surface area contributed by atoms with Gasteiger partial charge in [0.1, 0.15) is 0 Å². The number of allylic oxidation sites excluding steroid dienone is 2. The number of amides is 2. The van der Waals surface area contributed by atoms with Crippen molar-refractivity contribution in [2.24, 2.45) is 0 Å². The Hall–Kier alpha value is -4.12. The van der Waals surface area contributed by atoms with Crippen LogP contribution in [0.3, 0.4) is 0 Å². The fourth-order valence-corrected chi connectivity index (χ4v) is 5.61. The first-order valence-corrected chi connectivity index (χ1v) is 13.9. The van der Waals surface area contributed by atoms with Gasteiger partial charge in [-0.05, 0) is 80.5 Å². The fraction of sp³-hybridized carbons (Fsp3) is 0.273. The van der Waals surface area contributed by atoms with Crippen molar-refractivity contribution in [1.82, 2.24) is 20.6 Å². The summed E-state index contributed by atoms with van der Waals surface area (Å²) >= 11 is 0. The molecule has 225 valence electrons. The van der Waals surface area contributed by atoms with Crippen LogP contribution in [0.2, 0.25) is 0 Å². The van der Waals surface area contributed by atoms with Crippen LogP contribution in [-0.4, -0.2) is 73.5 Å². The predicted octanol–water partition coefficient (Wildman–Crippen LogP) is 4.15. The van der Waals surface area contributed by atoms with E-state index < -0.39 is 11.9 Å². The smallest absolute Gasteiger partial charge is 0.303 e. The second kappa shape index (κ2) is 14.1. The van der Waals surface area contributed by atoms with Gasteiger partial charge in [-0.25, -0.2) is 0 Å². The molecule has 0 saturated heterocycles. The van der Waals surface area contributed by atoms with Gasteiger partial charge >= 0.3 is 11.9 Å². The summed E-state index contributed by atoms with van der Waals surface area (Å²) in [6, 6.07) is 0. The second-order valence-corrected chi connectivity index (χ2v) is 10.7. The zero-order chi connectivity index (χ0) is 31.6. The first-order chi connectivity index (χ1) is 20.4. The summed E-state index contributed by atoms with van der Waals surface area (Å²) in [5.41, 5.74) is 10.2. The summed E-state index contributed by atoms with van der Waals surface area (Å²) in [7, 11) is 0. The topological polar surface area (TPSA) is 164 Å². The molecule has 2 aromatic rings. The molecule has 0 fully saturated rings. The summed E-state index contributed by atoms with van der Waals surface area (Å²) in [5.74, 6) is -2.28. The number of carboxylic acids is 2. The third-order valence-electron chi connectivity index (χ3n) is 8.11. The van der Waals surface area contributed by atoms with E-state index >= 15 is 0 Å². The maximum atomic E-state index is 12.3. The maximum Gasteiger partial charge on any atom is 0.303 e. The number of aromatic nitrogens is 2. The van der Waals surface area contributed by atoms with Crippen LogP contribution < -0.4 is 10.6 Å². The first-order valence-electron chi connectivity index (χ1n) is 13.9. The van der Waals surface area contributed by atoms with Gasteiger partial charge in [-0.3, -0.25) is 19.2 Å². The van der Waals surface area contributed by atoms with E-state index in [1.54, 1.807) is 13.0 Å². The van der Waals surface area contributed by atoms with Crippen molar-refractivity contribution in [3.05, 3.63) is 104 Å². The molecule has 2 aromatic heterocycles. The Morgan fingerprint density at radius 2 is 1.16 bits per heavy atom. The molecule has 0 spiro atoms. The summed E-state index contributed by atoms with van der Waals surface area (Å²) < 4.78 is 0. The monoisotopic (exact) mass is 607 g/mol. The predicted molar refractivity (Wildman–Crippen MR) is 170 cm³/mol. The van der Waals surface area contributed by atoms with E-state index in [1.165, 1.54) is 6.08 Å². The van der Waals surface area contributed by atoms with Crippen molar-refractivity contribution in [3.8, 4) is 0 Å². The molecule has 0 aliphatic carbocycles. The fourth-order valence-electron chi connectivity index (χ4n) is 5.61. The molecule has 0 unspecified atom stereocenters. The van der Waals surface area contributed by atoms with Crippen LogP contribution in [0.15, 0.2) is 59.0 Å². The third-order valence-corrected chi connectivity index (χ3v) is 8.11. The number of rotatable bonds is 12. The van der Waals surface area contributed by atoms with Gasteiger partial charge < -0.3 is 30.8 Å². The van der Waals surface area contributed by atoms with Crippen LogP contribution in [-0.2, 0) is 38.4 Å². The Labute approximate surface area is 278 Å². The van der Waals surface area contributed by atoms with Crippen molar-refractivity contribution < 1.29 is 29.4 Å². The summed E-state index contributed by atoms with van der Waals surface area (Å²) in [6.07, 6.45) is 7.58. The minimum Gasteiger partial charge on any atom is -0.481 e. The van der Waals surface area contributed by atoms with Crippen LogP contribution >= 0.6 is 0 Å². The molecule has 0 aromatic carbocycles. The van der Waals surface area contributed by atoms with Crippen LogP contribution in [0.1, 0.15) is 71.7 Å². The number of nitrogens with one attached hydrogen (secondary N) is 4. The molecule has 0 saturated carbocycles. The van der Waals surface area contributed by atoms with Gasteiger partial charge in [0.15, 0.2) is 0 Å². The Morgan fingerprint density at radius 1 is 0.705 bits per heavy atom. The van der Waals surface area contributed by atoms with E-state index in [9.17, 15) is 29.4 Å². The van der Waals surface area contributed by atoms with E-state index in [0.29, 0.717) is 34.5 Å². The van der Waals surface area contributed by atoms with Crippen molar-refractivity contribution in [3.63, 3.8) is 0 Å². The summed E-state index contributed by atoms with van der Waals surface area (Å²) in [5, 5.41) is 24.6. The number of H-pyrrole nitrogens is 2. The van der Waals surface area contributed by atoms with Gasteiger partial charge in [-0.15, -0.1) is 0 Å². The Kier molecular flexibility index (Phi) is 11.0. The Balaban J connectivity index is 0.00000529. The van der Waals surface area contributed by atoms with Gasteiger partial charge in [0, 0.05) is 94.0 Å². The third kappa shape index (κ3) is 6.99. The number of aromatic amines is 2. The molecule has 2 amide bonds. The van der Waals surface area contributed by atoms with E-state index in [4.69, 9.17) is 0 Å². The van der Waals surface area contributed by atoms with Crippen LogP contribution in [0.4, 0.5) is 0 Å². The minimum absolute atomic E-state index is 0. The molecule has 0 bridgehead atoms. The minimum atomic E-state index is -0.922. The molecule has 6 N–H and O–H groups in total. The quantitative estimate of drug-likeness (QED) is 0.199. The first kappa shape index (κ1) is 34.4. The number of carbonyl (C=O) groups excluding carboxylic acids is 2. The van der Waals surface area contributed by atoms with Crippen LogP contribution in [0.25, 0.3) is 12.2 Å². The van der Waals surface area contributed by atoms with Gasteiger partial charge in [-0.1, -0.05) is 25.3 Å². The van der Waals surface area contributed by atoms with E-state index in [0.717, 1.165) is 50.6 Å². The standard InChI is InChI=1S/C33H36N4O6.Na/c1-7-20-19(6)32(42)37-27(20)14-25-18(5)23(10-12-31(40)41)29(35-25)15-28-22(9-11-30(38)39)17(4)24(34-28)13-26-16(3)21(8-2)33(43)36-26;/h7-8,13-14,34-35H,1-2,9-12,15H2,3-6H3,(H,36,43)(H,37,42)(H,38,39)(H,40,41);/b26-13-,27-14-;. The van der Waals surface area contributed by atoms with Crippen LogP contribution in [0, 0.1) is 13.8 Å². The van der Waals surface area contributed by atoms with Gasteiger partial charge in [0.25, 0.3) is 11.8 Å². The largest absolute Gasteiger partial charge is 0.481 e. The molecular weight excluding hydrogens is 571 g/mol. The van der Waals surface area contributed by atoms with E-state index in [2.05, 4.69) is 33.8 Å². The zero-order valence-corrected chi connectivity index (χ0v) is 27.8. The van der Waals surface area contributed by atoms with Gasteiger partial charge in [0.2, 0.25) is 0 Å². The van der Waals surface area contributed by atoms with Crippen molar-refractivity contribution in [2.75, 3.05) is 0 Å². The Bertz CT molecular complexity index is 1710. The van der Waals surface area contributed by atoms with Crippen molar-refractivity contribution in [1.29, 1.82) is 0 Å². The molecule has 2 aliphatic heterocycles. The number of carbonyl (C=O) groups is 4. The van der Waals surface area contributed by atoms with Crippen LogP contribution in [0.5, 0.6) is 0 Å². The number of aliphatic carboxylic acids is 2. The Morgan fingerprint density at radius 3 is 1.59 bits per heavy atom. The molecule has 4 heterocycles. The van der Waals surface area contributed by atoms with E-state index in [-0.39, 0.29) is 67.1 Å². The molecule has 0 atom stereocenters. The number of carboxylic acid groups (broad SMARTS) is 2. The molecule has 2 aliphatic rings. The van der Waals surface area contributed by atoms with Crippen molar-refractivity contribution in [2.45, 2.75) is 59.8 Å². The molecule has 1 radical (unpaired) electrons. The molecule has 10 nitrogen and oxygen atoms in total. The number of hydrogen-bond acceptors (Lipinski definition) is 4. The van der Waals surface area contributed by atoms with Crippen molar-refractivity contribution >= 4 is 65.5 Å². The van der Waals surface area contributed by atoms with Gasteiger partial charge in [-0.2, -0.15) is 0 Å². The zero-order valence-electron chi connectivity index (χ0n) is 25.8. The van der Waals surface area contributed by atoms with Gasteiger partial charge in [0.05, 0.1) is 5.70 Å². The summed E-state index contributed by atoms with van der Waals surface area (Å²) in [6.45, 7) is 14.9. The average Bonchev–Trinajstić information content (AvgIpc) is 3.59. The SMILES string of the molecule is C=CC1=C(C)/C(=C/c2[nH]c(Cc3[nH]c(/C=C4\NC(=O)C(C)=C4C=C)c(C)c3CCC(=O)O)c(CCC(=O)O)c2C)NC1=O.[Na]. The maximum absolute atomic E-state index is 12.3. The average molecular weight is 608 g/mol. The number of hydrogen-bond donors (Lipinski definition) is 6. The molecule has 4 rings (SSSR count). The van der Waals surface area contributed by atoms with E-state index in [1.807, 2.05) is 32.9 Å². The summed E-state index contributed by atoms with van der Waals surface area (Å²) in [4.78, 5) is 54.5. The molecular formula is C33H36N4NaO6. The second-order valence-electron chi connectivity index (χ2n) is 10.7. The normalized spacial score (nSPS) is 16.5.